The number of esters is 4. The smallest absolute Gasteiger partial charge is 0.303 e. The van der Waals surface area contributed by atoms with Crippen LogP contribution >= 0.6 is 15.9 Å². The van der Waals surface area contributed by atoms with Gasteiger partial charge in [0.1, 0.15) is 12.7 Å². The molecular weight excluding hydrogens is 408 g/mol. The molecule has 0 saturated carbocycles. The fourth-order valence-corrected chi connectivity index (χ4v) is 2.69. The molecule has 5 atom stereocenters. The third-order valence-electron chi connectivity index (χ3n) is 2.86. The first kappa shape index (κ1) is 15.5. The first-order valence-corrected chi connectivity index (χ1v) is 7.39. The van der Waals surface area contributed by atoms with Crippen LogP contribution in [0.1, 0.15) is 33.1 Å². The van der Waals surface area contributed by atoms with E-state index in [4.69, 9.17) is 29.2 Å². The molecule has 0 aliphatic carbocycles. The Morgan fingerprint density at radius 3 is 2.08 bits per heavy atom. The maximum atomic E-state index is 11.7. The van der Waals surface area contributed by atoms with Gasteiger partial charge in [-0.3, -0.25) is 19.2 Å². The molecule has 1 saturated heterocycles. The predicted molar refractivity (Wildman–Crippen MR) is 82.0 cm³/mol. The highest BCUT2D eigenvalue weighted by atomic mass is 79.9. The SMILES string of the molecule is [2H]CC(=O)OC[C@H]1OC(O)(Br)[C@H](OC(=O)C[2H])[C@@H](OC(=O)C[2H])[C@@H]1OC(=O)C[2H]. The second-order valence-electron chi connectivity index (χ2n) is 4.77. The Hall–Kier alpha value is -1.72. The van der Waals surface area contributed by atoms with E-state index in [0.29, 0.717) is 0 Å². The third-order valence-corrected chi connectivity index (χ3v) is 3.50. The molecule has 11 heteroatoms. The van der Waals surface area contributed by atoms with Crippen LogP contribution in [0.15, 0.2) is 0 Å². The molecule has 0 radical (unpaired) electrons. The lowest BCUT2D eigenvalue weighted by atomic mass is 9.98. The normalized spacial score (nSPS) is 33.7. The second kappa shape index (κ2) is 8.59. The van der Waals surface area contributed by atoms with Crippen molar-refractivity contribution in [3.63, 3.8) is 0 Å². The van der Waals surface area contributed by atoms with Gasteiger partial charge in [-0.1, -0.05) is 0 Å². The Balaban J connectivity index is 3.30. The van der Waals surface area contributed by atoms with Crippen LogP contribution in [0.25, 0.3) is 0 Å². The maximum absolute atomic E-state index is 11.7. The van der Waals surface area contributed by atoms with Crippen molar-refractivity contribution < 1.29 is 53.5 Å². The summed E-state index contributed by atoms with van der Waals surface area (Å²) in [5, 5.41) is 10.5. The number of hydrogen-bond acceptors (Lipinski definition) is 10. The van der Waals surface area contributed by atoms with Gasteiger partial charge in [-0.05, 0) is 15.9 Å². The van der Waals surface area contributed by atoms with Gasteiger partial charge in [0.05, 0.1) is 0 Å². The first-order chi connectivity index (χ1) is 13.6. The molecule has 25 heavy (non-hydrogen) atoms. The van der Waals surface area contributed by atoms with E-state index in [0.717, 1.165) is 0 Å². The van der Waals surface area contributed by atoms with Gasteiger partial charge in [-0.25, -0.2) is 0 Å². The van der Waals surface area contributed by atoms with Crippen LogP contribution in [0.4, 0.5) is 0 Å². The molecule has 0 aromatic heterocycles. The average molecular weight is 431 g/mol. The Morgan fingerprint density at radius 1 is 1.00 bits per heavy atom. The highest BCUT2D eigenvalue weighted by Crippen LogP contribution is 2.38. The molecular formula is C14H19BrO10. The number of carbonyl (C=O) groups excluding carboxylic acids is 4. The fraction of sp³-hybridized carbons (Fsp3) is 0.714. The Labute approximate surface area is 157 Å². The summed E-state index contributed by atoms with van der Waals surface area (Å²) in [6.07, 6.45) is -6.68. The summed E-state index contributed by atoms with van der Waals surface area (Å²) >= 11 is 2.75. The van der Waals surface area contributed by atoms with Crippen molar-refractivity contribution >= 4 is 39.8 Å². The van der Waals surface area contributed by atoms with Gasteiger partial charge in [0.25, 0.3) is 4.70 Å². The van der Waals surface area contributed by atoms with Crippen LogP contribution in [-0.2, 0) is 42.9 Å². The van der Waals surface area contributed by atoms with E-state index in [1.165, 1.54) is 0 Å². The maximum Gasteiger partial charge on any atom is 0.303 e. The zero-order valence-corrected chi connectivity index (χ0v) is 14.4. The lowest BCUT2D eigenvalue weighted by Crippen LogP contribution is -2.66. The zero-order chi connectivity index (χ0) is 22.2. The fourth-order valence-electron chi connectivity index (χ4n) is 2.09. The number of alkyl halides is 1. The number of aliphatic hydroxyl groups is 1. The average Bonchev–Trinajstić information content (AvgIpc) is 2.69. The minimum Gasteiger partial charge on any atom is -0.463 e. The first-order valence-electron chi connectivity index (χ1n) is 9.42. The van der Waals surface area contributed by atoms with Gasteiger partial charge < -0.3 is 28.8 Å². The van der Waals surface area contributed by atoms with E-state index in [1.54, 1.807) is 0 Å². The molecule has 1 fully saturated rings. The monoisotopic (exact) mass is 430 g/mol. The van der Waals surface area contributed by atoms with Crippen LogP contribution in [0.2, 0.25) is 0 Å². The van der Waals surface area contributed by atoms with Crippen LogP contribution in [0, 0.1) is 0 Å². The van der Waals surface area contributed by atoms with Crippen molar-refractivity contribution in [1.29, 1.82) is 0 Å². The van der Waals surface area contributed by atoms with Crippen molar-refractivity contribution in [2.75, 3.05) is 6.61 Å². The Kier molecular flexibility index (Phi) is 5.33. The molecule has 1 aliphatic rings. The molecule has 0 spiro atoms. The molecule has 0 aromatic carbocycles. The lowest BCUT2D eigenvalue weighted by molar-refractivity contribution is -0.309. The number of halogens is 1. The number of ether oxygens (including phenoxy) is 5. The van der Waals surface area contributed by atoms with Gasteiger partial charge in [-0.2, -0.15) is 0 Å². The standard InChI is InChI=1S/C14H19BrO10/c1-6(16)21-5-10-11(22-7(2)17)12(23-8(3)18)13(24-9(4)19)14(15,20)25-10/h10-13,20H,5H2,1-4H3/t10-,11-,12+,13-,14?/m1/s1/i1D,2D,3D,4D. The summed E-state index contributed by atoms with van der Waals surface area (Å²) in [4.78, 5) is 46.2. The topological polar surface area (TPSA) is 135 Å². The number of hydrogen-bond donors (Lipinski definition) is 1. The minimum atomic E-state index is -2.52. The molecule has 1 aliphatic heterocycles. The van der Waals surface area contributed by atoms with Gasteiger partial charge in [-0.15, -0.1) is 0 Å². The van der Waals surface area contributed by atoms with Crippen molar-refractivity contribution in [3.05, 3.63) is 0 Å². The van der Waals surface area contributed by atoms with E-state index in [9.17, 15) is 24.3 Å². The van der Waals surface area contributed by atoms with Crippen molar-refractivity contribution in [1.82, 2.24) is 0 Å². The van der Waals surface area contributed by atoms with Gasteiger partial charge in [0.15, 0.2) is 12.2 Å². The summed E-state index contributed by atoms with van der Waals surface area (Å²) in [7, 11) is 0. The van der Waals surface area contributed by atoms with E-state index in [-0.39, 0.29) is 0 Å². The number of rotatable bonds is 5. The van der Waals surface area contributed by atoms with E-state index < -0.39 is 87.2 Å². The minimum absolute atomic E-state index is 0.657. The third kappa shape index (κ3) is 6.25. The summed E-state index contributed by atoms with van der Waals surface area (Å²) in [6.45, 7) is -3.96. The summed E-state index contributed by atoms with van der Waals surface area (Å²) in [5.74, 6) is -4.36. The van der Waals surface area contributed by atoms with Crippen molar-refractivity contribution in [2.45, 2.75) is 56.7 Å². The Bertz CT molecular complexity index is 619. The van der Waals surface area contributed by atoms with Gasteiger partial charge in [0.2, 0.25) is 6.10 Å². The summed E-state index contributed by atoms with van der Waals surface area (Å²) < 4.78 is 50.5. The highest BCUT2D eigenvalue weighted by molar-refractivity contribution is 9.10. The highest BCUT2D eigenvalue weighted by Gasteiger charge is 2.58. The van der Waals surface area contributed by atoms with Crippen LogP contribution in [-0.4, -0.2) is 64.7 Å². The van der Waals surface area contributed by atoms with Crippen LogP contribution < -0.4 is 0 Å². The predicted octanol–water partition coefficient (Wildman–Crippen LogP) is -0.216. The lowest BCUT2D eigenvalue weighted by Gasteiger charge is -2.46. The molecule has 142 valence electrons. The molecule has 0 aromatic rings. The second-order valence-corrected chi connectivity index (χ2v) is 5.90. The summed E-state index contributed by atoms with van der Waals surface area (Å²) in [6, 6.07) is 0. The van der Waals surface area contributed by atoms with E-state index >= 15 is 0 Å². The zero-order valence-electron chi connectivity index (χ0n) is 16.8. The number of carbonyl (C=O) groups is 4. The molecule has 0 bridgehead atoms. The largest absolute Gasteiger partial charge is 0.463 e. The quantitative estimate of drug-likeness (QED) is 0.354. The van der Waals surface area contributed by atoms with Gasteiger partial charge >= 0.3 is 23.9 Å². The van der Waals surface area contributed by atoms with E-state index in [1.807, 2.05) is 0 Å². The molecule has 1 heterocycles. The molecule has 1 unspecified atom stereocenters. The van der Waals surface area contributed by atoms with Crippen LogP contribution in [0.3, 0.4) is 0 Å². The molecule has 10 nitrogen and oxygen atoms in total. The van der Waals surface area contributed by atoms with Crippen molar-refractivity contribution in [2.24, 2.45) is 0 Å². The van der Waals surface area contributed by atoms with Crippen LogP contribution in [0.5, 0.6) is 0 Å². The molecule has 0 amide bonds. The molecule has 1 rings (SSSR count). The molecule has 1 N–H and O–H groups in total. The van der Waals surface area contributed by atoms with E-state index in [2.05, 4.69) is 15.9 Å². The van der Waals surface area contributed by atoms with Gasteiger partial charge in [0, 0.05) is 33.1 Å². The van der Waals surface area contributed by atoms with Crippen molar-refractivity contribution in [3.8, 4) is 0 Å². The summed E-state index contributed by atoms with van der Waals surface area (Å²) in [5.41, 5.74) is 0. The Morgan fingerprint density at radius 2 is 1.52 bits per heavy atom.